The Morgan fingerprint density at radius 1 is 1.08 bits per heavy atom. The number of carbonyl (C=O) groups excluding carboxylic acids is 1. The van der Waals surface area contributed by atoms with Gasteiger partial charge in [0.05, 0.1) is 30.9 Å². The number of ether oxygens (including phenoxy) is 4. The maximum Gasteiger partial charge on any atom is 0.409 e. The second-order valence-corrected chi connectivity index (χ2v) is 12.1. The highest BCUT2D eigenvalue weighted by Crippen LogP contribution is 2.26. The van der Waals surface area contributed by atoms with Crippen molar-refractivity contribution in [1.82, 2.24) is 5.32 Å². The van der Waals surface area contributed by atoms with Gasteiger partial charge in [0.15, 0.2) is 11.3 Å². The van der Waals surface area contributed by atoms with E-state index in [0.717, 1.165) is 0 Å². The van der Waals surface area contributed by atoms with Gasteiger partial charge in [0, 0.05) is 18.7 Å². The lowest BCUT2D eigenvalue weighted by molar-refractivity contribution is -0.262. The van der Waals surface area contributed by atoms with Crippen molar-refractivity contribution >= 4 is 21.8 Å². The quantitative estimate of drug-likeness (QED) is 0.585. The number of nitrogens with one attached hydrogen (secondary N) is 1. The molecule has 1 saturated heterocycles. The molecule has 3 rings (SSSR count). The van der Waals surface area contributed by atoms with E-state index in [1.54, 1.807) is 71.0 Å². The highest BCUT2D eigenvalue weighted by molar-refractivity contribution is 7.92. The molecular weight excluding hydrogens is 496 g/mol. The molecule has 0 aromatic heterocycles. The summed E-state index contributed by atoms with van der Waals surface area (Å²) in [6, 6.07) is 13.0. The van der Waals surface area contributed by atoms with Crippen LogP contribution in [-0.2, 0) is 24.2 Å². The van der Waals surface area contributed by atoms with Gasteiger partial charge in [-0.2, -0.15) is 0 Å². The van der Waals surface area contributed by atoms with E-state index in [1.165, 1.54) is 30.6 Å². The third kappa shape index (κ3) is 7.38. The van der Waals surface area contributed by atoms with Crippen molar-refractivity contribution in [1.29, 1.82) is 0 Å². The van der Waals surface area contributed by atoms with Crippen LogP contribution in [0.1, 0.15) is 40.2 Å². The summed E-state index contributed by atoms with van der Waals surface area (Å²) in [7, 11) is -0.810. The van der Waals surface area contributed by atoms with Crippen LogP contribution in [0.3, 0.4) is 0 Å². The first-order chi connectivity index (χ1) is 17.1. The van der Waals surface area contributed by atoms with Crippen molar-refractivity contribution in [3.8, 4) is 17.6 Å². The van der Waals surface area contributed by atoms with E-state index in [1.807, 2.05) is 0 Å². The zero-order valence-corrected chi connectivity index (χ0v) is 23.1. The summed E-state index contributed by atoms with van der Waals surface area (Å²) < 4.78 is 49.6. The lowest BCUT2D eigenvalue weighted by Crippen LogP contribution is -2.60. The minimum absolute atomic E-state index is 0.0873. The Morgan fingerprint density at radius 2 is 1.70 bits per heavy atom. The molecule has 1 fully saturated rings. The summed E-state index contributed by atoms with van der Waals surface area (Å²) in [6.07, 6.45) is -0.643. The van der Waals surface area contributed by atoms with Gasteiger partial charge in [0.1, 0.15) is 11.4 Å². The van der Waals surface area contributed by atoms with Crippen LogP contribution in [0.5, 0.6) is 5.75 Å². The molecule has 9 nitrogen and oxygen atoms in total. The SMILES string of the molecule is COc1cccc(N(C)S(=O)(=O)c2ccc(C#CC3(NC(=O)OC(C)(C)C)COC(C)(C)OC3)cc2)c1. The Labute approximate surface area is 219 Å². The first-order valence-corrected chi connectivity index (χ1v) is 13.1. The molecule has 200 valence electrons. The maximum absolute atomic E-state index is 13.2. The highest BCUT2D eigenvalue weighted by Gasteiger charge is 2.41. The smallest absolute Gasteiger partial charge is 0.409 e. The summed E-state index contributed by atoms with van der Waals surface area (Å²) in [5, 5.41) is 2.78. The van der Waals surface area contributed by atoms with Gasteiger partial charge >= 0.3 is 6.09 Å². The number of hydrogen-bond acceptors (Lipinski definition) is 7. The zero-order chi connectivity index (χ0) is 27.5. The molecule has 2 aromatic carbocycles. The number of sulfonamides is 1. The van der Waals surface area contributed by atoms with Gasteiger partial charge in [0.2, 0.25) is 0 Å². The molecule has 0 spiro atoms. The molecule has 0 saturated carbocycles. The van der Waals surface area contributed by atoms with Crippen molar-refractivity contribution in [2.75, 3.05) is 31.7 Å². The topological polar surface area (TPSA) is 103 Å². The molecule has 1 amide bonds. The minimum Gasteiger partial charge on any atom is -0.497 e. The summed E-state index contributed by atoms with van der Waals surface area (Å²) in [6.45, 7) is 9.03. The number of hydrogen-bond donors (Lipinski definition) is 1. The first kappa shape index (κ1) is 28.3. The zero-order valence-electron chi connectivity index (χ0n) is 22.2. The summed E-state index contributed by atoms with van der Waals surface area (Å²) in [5.41, 5.74) is -0.806. The van der Waals surface area contributed by atoms with Crippen molar-refractivity contribution in [2.24, 2.45) is 0 Å². The molecule has 1 aliphatic rings. The third-order valence-electron chi connectivity index (χ3n) is 5.45. The van der Waals surface area contributed by atoms with Crippen LogP contribution in [0.2, 0.25) is 0 Å². The molecule has 10 heteroatoms. The number of benzene rings is 2. The molecule has 37 heavy (non-hydrogen) atoms. The van der Waals surface area contributed by atoms with Crippen molar-refractivity contribution in [2.45, 2.75) is 56.4 Å². The largest absolute Gasteiger partial charge is 0.497 e. The van der Waals surface area contributed by atoms with Crippen LogP contribution in [0.15, 0.2) is 53.4 Å². The molecule has 2 aromatic rings. The molecule has 1 N–H and O–H groups in total. The Hall–Kier alpha value is -3.26. The predicted octanol–water partition coefficient (Wildman–Crippen LogP) is 3.92. The average Bonchev–Trinajstić information content (AvgIpc) is 2.83. The minimum atomic E-state index is -3.81. The number of carbonyl (C=O) groups is 1. The van der Waals surface area contributed by atoms with Gasteiger partial charge in [-0.25, -0.2) is 13.2 Å². The Bertz CT molecular complexity index is 1280. The second kappa shape index (κ2) is 10.6. The lowest BCUT2D eigenvalue weighted by atomic mass is 10.0. The van der Waals surface area contributed by atoms with Gasteiger partial charge in [-0.05, 0) is 71.0 Å². The van der Waals surface area contributed by atoms with Gasteiger partial charge in [-0.1, -0.05) is 17.9 Å². The molecule has 1 heterocycles. The highest BCUT2D eigenvalue weighted by atomic mass is 32.2. The number of alkyl carbamates (subject to hydrolysis) is 1. The van der Waals surface area contributed by atoms with Crippen molar-refractivity contribution < 1.29 is 32.2 Å². The van der Waals surface area contributed by atoms with Gasteiger partial charge in [-0.15, -0.1) is 0 Å². The van der Waals surface area contributed by atoms with E-state index in [4.69, 9.17) is 18.9 Å². The number of nitrogens with zero attached hydrogens (tertiary/aromatic N) is 1. The van der Waals surface area contributed by atoms with E-state index >= 15 is 0 Å². The first-order valence-electron chi connectivity index (χ1n) is 11.7. The number of methoxy groups -OCH3 is 1. The summed E-state index contributed by atoms with van der Waals surface area (Å²) >= 11 is 0. The van der Waals surface area contributed by atoms with E-state index in [2.05, 4.69) is 17.2 Å². The maximum atomic E-state index is 13.2. The fourth-order valence-electron chi connectivity index (χ4n) is 3.36. The third-order valence-corrected chi connectivity index (χ3v) is 7.25. The predicted molar refractivity (Wildman–Crippen MR) is 140 cm³/mol. The Balaban J connectivity index is 1.83. The molecular formula is C27H34N2O7S. The monoisotopic (exact) mass is 530 g/mol. The van der Waals surface area contributed by atoms with Crippen LogP contribution in [-0.4, -0.2) is 58.8 Å². The fraction of sp³-hybridized carbons (Fsp3) is 0.444. The number of rotatable bonds is 5. The second-order valence-electron chi connectivity index (χ2n) is 10.1. The van der Waals surface area contributed by atoms with E-state index in [-0.39, 0.29) is 18.1 Å². The Kier molecular flexibility index (Phi) is 8.12. The van der Waals surface area contributed by atoms with Crippen molar-refractivity contribution in [3.63, 3.8) is 0 Å². The van der Waals surface area contributed by atoms with Crippen molar-refractivity contribution in [3.05, 3.63) is 54.1 Å². The standard InChI is InChI=1S/C27H34N2O7S/c1-25(2,3)36-24(30)28-27(18-34-26(4,5)35-19-27)16-15-20-11-13-23(14-12-20)37(31,32)29(6)21-9-8-10-22(17-21)33-7/h8-14,17H,18-19H2,1-7H3,(H,28,30). The van der Waals surface area contributed by atoms with Gasteiger partial charge in [0.25, 0.3) is 10.0 Å². The van der Waals surface area contributed by atoms with E-state index < -0.39 is 33.0 Å². The molecule has 0 bridgehead atoms. The van der Waals surface area contributed by atoms with Crippen LogP contribution >= 0.6 is 0 Å². The van der Waals surface area contributed by atoms with Crippen LogP contribution < -0.4 is 14.4 Å². The Morgan fingerprint density at radius 3 is 2.27 bits per heavy atom. The van der Waals surface area contributed by atoms with Gasteiger partial charge in [-0.3, -0.25) is 4.31 Å². The van der Waals surface area contributed by atoms with E-state index in [9.17, 15) is 13.2 Å². The van der Waals surface area contributed by atoms with E-state index in [0.29, 0.717) is 17.0 Å². The lowest BCUT2D eigenvalue weighted by Gasteiger charge is -2.41. The molecule has 0 radical (unpaired) electrons. The number of amides is 1. The number of anilines is 1. The molecule has 0 aliphatic carbocycles. The molecule has 0 atom stereocenters. The van der Waals surface area contributed by atoms with Gasteiger partial charge < -0.3 is 24.3 Å². The van der Waals surface area contributed by atoms with Crippen LogP contribution in [0.4, 0.5) is 10.5 Å². The van der Waals surface area contributed by atoms with Crippen LogP contribution in [0.25, 0.3) is 0 Å². The summed E-state index contributed by atoms with van der Waals surface area (Å²) in [4.78, 5) is 12.6. The average molecular weight is 531 g/mol. The molecule has 0 unspecified atom stereocenters. The normalized spacial score (nSPS) is 16.6. The fourth-order valence-corrected chi connectivity index (χ4v) is 4.54. The summed E-state index contributed by atoms with van der Waals surface area (Å²) in [5.74, 6) is 5.78. The van der Waals surface area contributed by atoms with Crippen LogP contribution in [0, 0.1) is 11.8 Å². The molecule has 1 aliphatic heterocycles.